The summed E-state index contributed by atoms with van der Waals surface area (Å²) in [5, 5.41) is 1.93. The number of nitrogens with zero attached hydrogens (tertiary/aromatic N) is 5. The molecule has 0 amide bonds. The Bertz CT molecular complexity index is 2630. The van der Waals surface area contributed by atoms with Gasteiger partial charge in [-0.15, -0.1) is 11.3 Å². The molecule has 0 aliphatic carbocycles. The standard InChI is InChI=1S/C36H21F2N5O2S2/c1-18-7-11-21(12-8-18)43(22-13-9-19(2)10-14-22)36-24-6-4-3-5-23(24)35(46-36)32-31-30(41-47-42-31)27(17-39-32)40-29-25-15-20(37)16-26(38)28(25)33(44)34(29)45/h3-17H,1-2H3/b40-29-. The normalized spacial score (nSPS) is 12.1. The van der Waals surface area contributed by atoms with Gasteiger partial charge in [-0.05, 0) is 44.2 Å². The van der Waals surface area contributed by atoms with Crippen LogP contribution in [0.5, 0.6) is 0 Å². The predicted molar refractivity (Wildman–Crippen MR) is 184 cm³/mol. The largest absolute Gasteiger partial charge is 0.301 e. The predicted octanol–water partition coefficient (Wildman–Crippen LogP) is 8.31. The van der Waals surface area contributed by atoms with Crippen LogP contribution in [0.3, 0.4) is 0 Å². The molecule has 3 aromatic heterocycles. The Morgan fingerprint density at radius 2 is 1.38 bits per heavy atom. The van der Waals surface area contributed by atoms with Crippen LogP contribution in [0, 0.1) is 25.5 Å². The van der Waals surface area contributed by atoms with Gasteiger partial charge in [0.2, 0.25) is 5.43 Å². The van der Waals surface area contributed by atoms with Gasteiger partial charge < -0.3 is 4.90 Å². The lowest BCUT2D eigenvalue weighted by Crippen LogP contribution is -2.30. The lowest BCUT2D eigenvalue weighted by Gasteiger charge is -2.24. The Kier molecular flexibility index (Phi) is 6.81. The molecule has 0 unspecified atom stereocenters. The summed E-state index contributed by atoms with van der Waals surface area (Å²) >= 11 is 2.52. The van der Waals surface area contributed by atoms with Gasteiger partial charge in [-0.2, -0.15) is 8.75 Å². The van der Waals surface area contributed by atoms with Gasteiger partial charge in [0.1, 0.15) is 44.4 Å². The molecule has 0 saturated carbocycles. The second-order valence-electron chi connectivity index (χ2n) is 11.2. The van der Waals surface area contributed by atoms with Crippen molar-refractivity contribution < 1.29 is 8.78 Å². The molecule has 3 heterocycles. The van der Waals surface area contributed by atoms with Crippen LogP contribution in [0.15, 0.2) is 106 Å². The first-order valence-electron chi connectivity index (χ1n) is 14.5. The molecule has 0 fully saturated rings. The van der Waals surface area contributed by atoms with Crippen LogP contribution in [-0.4, -0.2) is 13.7 Å². The summed E-state index contributed by atoms with van der Waals surface area (Å²) in [5.41, 5.74) is 3.76. The van der Waals surface area contributed by atoms with Gasteiger partial charge in [-0.1, -0.05) is 59.7 Å². The highest BCUT2D eigenvalue weighted by molar-refractivity contribution is 7.21. The number of pyridine rings is 1. The molecule has 0 aliphatic rings. The van der Waals surface area contributed by atoms with E-state index in [1.807, 2.05) is 18.2 Å². The smallest absolute Gasteiger partial charge is 0.252 e. The number of anilines is 3. The molecule has 47 heavy (non-hydrogen) atoms. The first-order valence-corrected chi connectivity index (χ1v) is 16.1. The van der Waals surface area contributed by atoms with Gasteiger partial charge in [0.15, 0.2) is 0 Å². The number of halogens is 2. The van der Waals surface area contributed by atoms with Crippen LogP contribution < -0.4 is 21.1 Å². The number of fused-ring (bicyclic) bond motifs is 3. The monoisotopic (exact) mass is 657 g/mol. The van der Waals surface area contributed by atoms with Gasteiger partial charge in [0, 0.05) is 33.6 Å². The maximum atomic E-state index is 14.5. The highest BCUT2D eigenvalue weighted by Gasteiger charge is 2.24. The van der Waals surface area contributed by atoms with Crippen molar-refractivity contribution in [2.24, 2.45) is 4.99 Å². The minimum Gasteiger partial charge on any atom is -0.301 e. The summed E-state index contributed by atoms with van der Waals surface area (Å²) in [4.78, 5) is 37.7. The van der Waals surface area contributed by atoms with Gasteiger partial charge in [0.05, 0.1) is 28.2 Å². The highest BCUT2D eigenvalue weighted by atomic mass is 32.1. The third-order valence-corrected chi connectivity index (χ3v) is 9.81. The number of hydrogen-bond donors (Lipinski definition) is 0. The lowest BCUT2D eigenvalue weighted by atomic mass is 10.1. The summed E-state index contributed by atoms with van der Waals surface area (Å²) in [6.07, 6.45) is 1.45. The third-order valence-electron chi connectivity index (χ3n) is 8.07. The van der Waals surface area contributed by atoms with E-state index in [0.717, 1.165) is 60.9 Å². The molecular formula is C36H21F2N5O2S2. The van der Waals surface area contributed by atoms with E-state index in [1.54, 1.807) is 11.3 Å². The molecule has 0 saturated heterocycles. The number of aromatic nitrogens is 3. The highest BCUT2D eigenvalue weighted by Crippen LogP contribution is 2.49. The molecule has 0 aliphatic heterocycles. The van der Waals surface area contributed by atoms with E-state index in [4.69, 9.17) is 4.98 Å². The molecule has 0 bridgehead atoms. The lowest BCUT2D eigenvalue weighted by molar-refractivity contribution is 0.592. The average molecular weight is 658 g/mol. The van der Waals surface area contributed by atoms with E-state index < -0.39 is 27.9 Å². The zero-order valence-electron chi connectivity index (χ0n) is 24.8. The number of rotatable bonds is 5. The quantitative estimate of drug-likeness (QED) is 0.173. The Labute approximate surface area is 273 Å². The Morgan fingerprint density at radius 3 is 2.06 bits per heavy atom. The van der Waals surface area contributed by atoms with Crippen molar-refractivity contribution in [3.05, 3.63) is 140 Å². The van der Waals surface area contributed by atoms with E-state index in [-0.39, 0.29) is 16.4 Å². The molecule has 0 N–H and O–H groups in total. The molecule has 5 aromatic carbocycles. The van der Waals surface area contributed by atoms with Crippen molar-refractivity contribution in [3.8, 4) is 10.6 Å². The summed E-state index contributed by atoms with van der Waals surface area (Å²) < 4.78 is 37.6. The average Bonchev–Trinajstić information content (AvgIpc) is 3.76. The molecule has 0 radical (unpaired) electrons. The van der Waals surface area contributed by atoms with Crippen molar-refractivity contribution in [2.45, 2.75) is 13.8 Å². The Morgan fingerprint density at radius 1 is 0.745 bits per heavy atom. The van der Waals surface area contributed by atoms with Gasteiger partial charge >= 0.3 is 0 Å². The first kappa shape index (κ1) is 28.9. The fourth-order valence-electron chi connectivity index (χ4n) is 5.76. The van der Waals surface area contributed by atoms with Crippen LogP contribution in [0.2, 0.25) is 0 Å². The minimum atomic E-state index is -1.11. The summed E-state index contributed by atoms with van der Waals surface area (Å²) in [6, 6.07) is 26.3. The first-order chi connectivity index (χ1) is 22.8. The maximum Gasteiger partial charge on any atom is 0.252 e. The van der Waals surface area contributed by atoms with E-state index >= 15 is 0 Å². The fourth-order valence-corrected chi connectivity index (χ4v) is 7.64. The van der Waals surface area contributed by atoms with Crippen molar-refractivity contribution in [2.75, 3.05) is 4.90 Å². The zero-order chi connectivity index (χ0) is 32.4. The van der Waals surface area contributed by atoms with Crippen molar-refractivity contribution in [3.63, 3.8) is 0 Å². The molecule has 7 nitrogen and oxygen atoms in total. The van der Waals surface area contributed by atoms with Crippen molar-refractivity contribution >= 4 is 77.7 Å². The van der Waals surface area contributed by atoms with Crippen molar-refractivity contribution in [1.82, 2.24) is 13.7 Å². The van der Waals surface area contributed by atoms with E-state index in [0.29, 0.717) is 22.8 Å². The summed E-state index contributed by atoms with van der Waals surface area (Å²) in [5.74, 6) is -2.03. The second-order valence-corrected chi connectivity index (χ2v) is 12.7. The molecule has 0 spiro atoms. The minimum absolute atomic E-state index is 0.160. The van der Waals surface area contributed by atoms with Crippen LogP contribution in [0.25, 0.3) is 43.1 Å². The maximum absolute atomic E-state index is 14.5. The van der Waals surface area contributed by atoms with E-state index in [9.17, 15) is 18.4 Å². The number of thiophene rings is 1. The summed E-state index contributed by atoms with van der Waals surface area (Å²) in [7, 11) is 0. The SMILES string of the molecule is Cc1ccc(N(c2ccc(C)cc2)c2sc(-c3ncc(/N=c4\c(=O)c(=O)c5c(F)cc(F)cc45)c4nsnc34)c3ccccc23)cc1. The van der Waals surface area contributed by atoms with Crippen LogP contribution >= 0.6 is 23.1 Å². The molecule has 0 atom stereocenters. The van der Waals surface area contributed by atoms with Crippen molar-refractivity contribution in [1.29, 1.82) is 0 Å². The van der Waals surface area contributed by atoms with Crippen LogP contribution in [0.1, 0.15) is 11.1 Å². The molecular weight excluding hydrogens is 637 g/mol. The van der Waals surface area contributed by atoms with Gasteiger partial charge in [-0.25, -0.2) is 13.8 Å². The zero-order valence-corrected chi connectivity index (χ0v) is 26.4. The van der Waals surface area contributed by atoms with Gasteiger partial charge in [-0.3, -0.25) is 14.6 Å². The molecule has 228 valence electrons. The number of benzene rings is 4. The summed E-state index contributed by atoms with van der Waals surface area (Å²) in [6.45, 7) is 4.11. The Hall–Kier alpha value is -5.52. The number of aryl methyl sites for hydroxylation is 2. The second kappa shape index (κ2) is 11.1. The van der Waals surface area contributed by atoms with E-state index in [2.05, 4.69) is 87.1 Å². The van der Waals surface area contributed by atoms with E-state index in [1.165, 1.54) is 6.20 Å². The van der Waals surface area contributed by atoms with Gasteiger partial charge in [0.25, 0.3) is 5.43 Å². The molecule has 8 aromatic rings. The Balaban J connectivity index is 1.34. The van der Waals surface area contributed by atoms with Crippen LogP contribution in [0.4, 0.5) is 30.8 Å². The third kappa shape index (κ3) is 4.74. The van der Waals surface area contributed by atoms with Crippen LogP contribution in [-0.2, 0) is 0 Å². The molecule has 11 heteroatoms. The molecule has 8 rings (SSSR count). The fraction of sp³-hybridized carbons (Fsp3) is 0.0556. The topological polar surface area (TPSA) is 88.4 Å². The number of hydrogen-bond acceptors (Lipinski definition) is 9.